The largest absolute Gasteiger partial charge is 0.497 e. The maximum atomic E-state index is 12.6. The molecule has 0 bridgehead atoms. The second-order valence-corrected chi connectivity index (χ2v) is 7.83. The first-order chi connectivity index (χ1) is 12.3. The van der Waals surface area contributed by atoms with Gasteiger partial charge in [-0.1, -0.05) is 19.1 Å². The quantitative estimate of drug-likeness (QED) is 0.806. The summed E-state index contributed by atoms with van der Waals surface area (Å²) in [5, 5.41) is 2.77. The molecule has 1 unspecified atom stereocenters. The SMILES string of the molecule is CCc1ccc(NC(=O)C(C)N(c2ccc(OC)cc2)S(C)(=O)=O)cc1. The Hall–Kier alpha value is -2.54. The fraction of sp³-hybridized carbons (Fsp3) is 0.316. The van der Waals surface area contributed by atoms with Gasteiger partial charge in [0.05, 0.1) is 19.1 Å². The fourth-order valence-electron chi connectivity index (χ4n) is 2.61. The number of hydrogen-bond acceptors (Lipinski definition) is 4. The number of rotatable bonds is 7. The number of methoxy groups -OCH3 is 1. The minimum atomic E-state index is -3.65. The van der Waals surface area contributed by atoms with E-state index in [2.05, 4.69) is 12.2 Å². The number of sulfonamides is 1. The first kappa shape index (κ1) is 19.8. The van der Waals surface area contributed by atoms with E-state index >= 15 is 0 Å². The predicted octanol–water partition coefficient (Wildman–Crippen LogP) is 3.05. The van der Waals surface area contributed by atoms with Gasteiger partial charge >= 0.3 is 0 Å². The number of ether oxygens (including phenoxy) is 1. The molecule has 2 rings (SSSR count). The number of carbonyl (C=O) groups is 1. The van der Waals surface area contributed by atoms with Crippen LogP contribution in [0.25, 0.3) is 0 Å². The van der Waals surface area contributed by atoms with Crippen molar-refractivity contribution in [3.05, 3.63) is 54.1 Å². The molecule has 0 aliphatic rings. The average Bonchev–Trinajstić information content (AvgIpc) is 2.61. The molecule has 7 heteroatoms. The highest BCUT2D eigenvalue weighted by molar-refractivity contribution is 7.92. The molecule has 1 amide bonds. The Kier molecular flexibility index (Phi) is 6.26. The van der Waals surface area contributed by atoms with E-state index < -0.39 is 22.0 Å². The molecule has 0 radical (unpaired) electrons. The number of anilines is 2. The summed E-state index contributed by atoms with van der Waals surface area (Å²) in [5.41, 5.74) is 2.19. The number of hydrogen-bond donors (Lipinski definition) is 1. The number of amides is 1. The zero-order chi connectivity index (χ0) is 19.3. The van der Waals surface area contributed by atoms with Crippen LogP contribution in [0.5, 0.6) is 5.75 Å². The summed E-state index contributed by atoms with van der Waals surface area (Å²) in [6.45, 7) is 3.61. The van der Waals surface area contributed by atoms with Gasteiger partial charge in [0.2, 0.25) is 15.9 Å². The fourth-order valence-corrected chi connectivity index (χ4v) is 3.78. The lowest BCUT2D eigenvalue weighted by Crippen LogP contribution is -2.45. The third kappa shape index (κ3) is 4.76. The van der Waals surface area contributed by atoms with Crippen molar-refractivity contribution >= 4 is 27.3 Å². The van der Waals surface area contributed by atoms with Crippen LogP contribution in [-0.4, -0.2) is 33.7 Å². The van der Waals surface area contributed by atoms with Crippen molar-refractivity contribution < 1.29 is 17.9 Å². The molecular formula is C19H24N2O4S. The first-order valence-corrected chi connectivity index (χ1v) is 10.1. The summed E-state index contributed by atoms with van der Waals surface area (Å²) < 4.78 is 30.8. The van der Waals surface area contributed by atoms with Crippen molar-refractivity contribution in [3.63, 3.8) is 0 Å². The van der Waals surface area contributed by atoms with Crippen molar-refractivity contribution in [2.45, 2.75) is 26.3 Å². The Morgan fingerprint density at radius 2 is 1.69 bits per heavy atom. The van der Waals surface area contributed by atoms with Gasteiger partial charge in [0.25, 0.3) is 0 Å². The van der Waals surface area contributed by atoms with Crippen LogP contribution < -0.4 is 14.4 Å². The first-order valence-electron chi connectivity index (χ1n) is 8.29. The van der Waals surface area contributed by atoms with E-state index in [4.69, 9.17) is 4.74 Å². The molecule has 26 heavy (non-hydrogen) atoms. The minimum Gasteiger partial charge on any atom is -0.497 e. The van der Waals surface area contributed by atoms with Gasteiger partial charge in [-0.2, -0.15) is 0 Å². The van der Waals surface area contributed by atoms with Gasteiger partial charge < -0.3 is 10.1 Å². The maximum absolute atomic E-state index is 12.6. The Labute approximate surface area is 154 Å². The summed E-state index contributed by atoms with van der Waals surface area (Å²) >= 11 is 0. The molecule has 0 aliphatic heterocycles. The van der Waals surface area contributed by atoms with E-state index in [-0.39, 0.29) is 0 Å². The molecule has 2 aromatic rings. The van der Waals surface area contributed by atoms with E-state index in [0.717, 1.165) is 22.5 Å². The highest BCUT2D eigenvalue weighted by atomic mass is 32.2. The van der Waals surface area contributed by atoms with Gasteiger partial charge in [-0.3, -0.25) is 9.10 Å². The lowest BCUT2D eigenvalue weighted by molar-refractivity contribution is -0.116. The van der Waals surface area contributed by atoms with Crippen molar-refractivity contribution in [2.24, 2.45) is 0 Å². The van der Waals surface area contributed by atoms with Gasteiger partial charge in [-0.25, -0.2) is 8.42 Å². The third-order valence-corrected chi connectivity index (χ3v) is 5.29. The number of nitrogens with one attached hydrogen (secondary N) is 1. The molecule has 0 saturated carbocycles. The molecule has 0 heterocycles. The Bertz CT molecular complexity index is 846. The molecular weight excluding hydrogens is 352 g/mol. The van der Waals surface area contributed by atoms with Crippen LogP contribution in [0.4, 0.5) is 11.4 Å². The zero-order valence-corrected chi connectivity index (χ0v) is 16.2. The molecule has 140 valence electrons. The Morgan fingerprint density at radius 1 is 1.12 bits per heavy atom. The molecule has 0 aromatic heterocycles. The minimum absolute atomic E-state index is 0.400. The molecule has 2 aromatic carbocycles. The monoisotopic (exact) mass is 376 g/mol. The molecule has 6 nitrogen and oxygen atoms in total. The number of aryl methyl sites for hydroxylation is 1. The van der Waals surface area contributed by atoms with E-state index in [1.54, 1.807) is 31.2 Å². The highest BCUT2D eigenvalue weighted by Crippen LogP contribution is 2.24. The maximum Gasteiger partial charge on any atom is 0.247 e. The molecule has 1 N–H and O–H groups in total. The van der Waals surface area contributed by atoms with Gasteiger partial charge in [-0.15, -0.1) is 0 Å². The molecule has 0 fully saturated rings. The van der Waals surface area contributed by atoms with Gasteiger partial charge in [0.15, 0.2) is 0 Å². The van der Waals surface area contributed by atoms with Crippen LogP contribution in [0.3, 0.4) is 0 Å². The zero-order valence-electron chi connectivity index (χ0n) is 15.4. The topological polar surface area (TPSA) is 75.7 Å². The second kappa shape index (κ2) is 8.23. The summed E-state index contributed by atoms with van der Waals surface area (Å²) in [4.78, 5) is 12.6. The van der Waals surface area contributed by atoms with Crippen LogP contribution in [0.2, 0.25) is 0 Å². The molecule has 0 spiro atoms. The second-order valence-electron chi connectivity index (χ2n) is 5.97. The lowest BCUT2D eigenvalue weighted by Gasteiger charge is -2.28. The van der Waals surface area contributed by atoms with Crippen LogP contribution >= 0.6 is 0 Å². The van der Waals surface area contributed by atoms with Gasteiger partial charge in [-0.05, 0) is 55.3 Å². The average molecular weight is 376 g/mol. The summed E-state index contributed by atoms with van der Waals surface area (Å²) in [5.74, 6) is 0.200. The molecule has 0 aliphatic carbocycles. The molecule has 0 saturated heterocycles. The van der Waals surface area contributed by atoms with Crippen LogP contribution in [-0.2, 0) is 21.2 Å². The van der Waals surface area contributed by atoms with E-state index in [9.17, 15) is 13.2 Å². The van der Waals surface area contributed by atoms with E-state index in [0.29, 0.717) is 17.1 Å². The van der Waals surface area contributed by atoms with Crippen molar-refractivity contribution in [1.29, 1.82) is 0 Å². The highest BCUT2D eigenvalue weighted by Gasteiger charge is 2.29. The summed E-state index contributed by atoms with van der Waals surface area (Å²) in [6, 6.07) is 13.1. The van der Waals surface area contributed by atoms with Crippen molar-refractivity contribution in [2.75, 3.05) is 23.0 Å². The van der Waals surface area contributed by atoms with E-state index in [1.165, 1.54) is 7.11 Å². The third-order valence-electron chi connectivity index (χ3n) is 4.05. The molecule has 1 atom stereocenters. The van der Waals surface area contributed by atoms with Crippen LogP contribution in [0.1, 0.15) is 19.4 Å². The number of carbonyl (C=O) groups excluding carboxylic acids is 1. The Balaban J connectivity index is 2.24. The number of nitrogens with zero attached hydrogens (tertiary/aromatic N) is 1. The standard InChI is InChI=1S/C19H24N2O4S/c1-5-15-6-8-16(9-7-15)20-19(22)14(2)21(26(4,23)24)17-10-12-18(25-3)13-11-17/h6-14H,5H2,1-4H3,(H,20,22). The Morgan fingerprint density at radius 3 is 2.15 bits per heavy atom. The summed E-state index contributed by atoms with van der Waals surface area (Å²) in [7, 11) is -2.12. The predicted molar refractivity (Wildman–Crippen MR) is 104 cm³/mol. The van der Waals surface area contributed by atoms with E-state index in [1.807, 2.05) is 24.3 Å². The summed E-state index contributed by atoms with van der Waals surface area (Å²) in [6.07, 6.45) is 1.99. The van der Waals surface area contributed by atoms with Gasteiger partial charge in [0.1, 0.15) is 11.8 Å². The van der Waals surface area contributed by atoms with Crippen LogP contribution in [0.15, 0.2) is 48.5 Å². The number of benzene rings is 2. The van der Waals surface area contributed by atoms with Crippen LogP contribution in [0, 0.1) is 0 Å². The normalized spacial score (nSPS) is 12.3. The van der Waals surface area contributed by atoms with Crippen molar-refractivity contribution in [3.8, 4) is 5.75 Å². The smallest absolute Gasteiger partial charge is 0.247 e. The van der Waals surface area contributed by atoms with Gasteiger partial charge in [0, 0.05) is 5.69 Å². The lowest BCUT2D eigenvalue weighted by atomic mass is 10.1. The van der Waals surface area contributed by atoms with Crippen molar-refractivity contribution in [1.82, 2.24) is 0 Å².